The molecule has 1 aromatic heterocycles. The highest BCUT2D eigenvalue weighted by Crippen LogP contribution is 2.12. The highest BCUT2D eigenvalue weighted by Gasteiger charge is 2.04. The number of carbonyl (C=O) groups excluding carboxylic acids is 1. The third-order valence-corrected chi connectivity index (χ3v) is 2.46. The predicted octanol–water partition coefficient (Wildman–Crippen LogP) is 1.17. The first-order valence-electron chi connectivity index (χ1n) is 5.67. The zero-order chi connectivity index (χ0) is 13.5. The number of benzene rings is 1. The number of hydrogen-bond donors (Lipinski definition) is 1. The molecule has 0 radical (unpaired) electrons. The van der Waals surface area contributed by atoms with Crippen molar-refractivity contribution < 1.29 is 9.53 Å². The largest absolute Gasteiger partial charge is 0.492 e. The van der Waals surface area contributed by atoms with Crippen LogP contribution in [0.2, 0.25) is 0 Å². The molecule has 0 spiro atoms. The number of amides is 1. The van der Waals surface area contributed by atoms with Gasteiger partial charge in [-0.15, -0.1) is 0 Å². The molecule has 0 atom stereocenters. The van der Waals surface area contributed by atoms with Crippen molar-refractivity contribution in [1.82, 2.24) is 14.9 Å². The Morgan fingerprint density at radius 1 is 1.42 bits per heavy atom. The Hall–Kier alpha value is -2.81. The molecule has 2 rings (SSSR count). The summed E-state index contributed by atoms with van der Waals surface area (Å²) in [6.45, 7) is 1.22. The maximum absolute atomic E-state index is 11.3. The van der Waals surface area contributed by atoms with Crippen molar-refractivity contribution in [3.63, 3.8) is 0 Å². The number of nitrogens with one attached hydrogen (secondary N) is 1. The van der Waals surface area contributed by atoms with E-state index in [0.29, 0.717) is 24.5 Å². The average Bonchev–Trinajstić information content (AvgIpc) is 2.93. The molecule has 0 saturated heterocycles. The van der Waals surface area contributed by atoms with Crippen LogP contribution in [0.4, 0.5) is 0 Å². The quantitative estimate of drug-likeness (QED) is 0.643. The third-order valence-electron chi connectivity index (χ3n) is 2.46. The fourth-order valence-corrected chi connectivity index (χ4v) is 1.51. The molecule has 1 heterocycles. The number of rotatable bonds is 5. The molecule has 0 fully saturated rings. The van der Waals surface area contributed by atoms with Crippen LogP contribution < -0.4 is 10.1 Å². The molecule has 1 amide bonds. The van der Waals surface area contributed by atoms with Crippen LogP contribution in [-0.2, 0) is 6.54 Å². The van der Waals surface area contributed by atoms with Crippen molar-refractivity contribution in [2.45, 2.75) is 6.54 Å². The van der Waals surface area contributed by atoms with Crippen molar-refractivity contribution in [2.24, 2.45) is 0 Å². The summed E-state index contributed by atoms with van der Waals surface area (Å²) in [6.07, 6.45) is 6.88. The van der Waals surface area contributed by atoms with E-state index in [1.54, 1.807) is 43.0 Å². The summed E-state index contributed by atoms with van der Waals surface area (Å²) in [4.78, 5) is 15.3. The Morgan fingerprint density at radius 3 is 2.84 bits per heavy atom. The number of hydrogen-bond acceptors (Lipinski definition) is 4. The number of imidazole rings is 1. The lowest BCUT2D eigenvalue weighted by atomic mass is 10.2. The number of ether oxygens (including phenoxy) is 1. The number of carbonyl (C=O) groups is 1. The molecule has 0 aliphatic heterocycles. The molecule has 0 unspecified atom stereocenters. The zero-order valence-corrected chi connectivity index (χ0v) is 10.1. The first-order chi connectivity index (χ1) is 9.29. The second-order valence-electron chi connectivity index (χ2n) is 3.74. The Kier molecular flexibility index (Phi) is 4.13. The molecule has 0 bridgehead atoms. The van der Waals surface area contributed by atoms with Gasteiger partial charge in [-0.25, -0.2) is 4.98 Å². The first-order valence-corrected chi connectivity index (χ1v) is 5.67. The Morgan fingerprint density at radius 2 is 2.21 bits per heavy atom. The van der Waals surface area contributed by atoms with Gasteiger partial charge in [0.05, 0.1) is 12.9 Å². The smallest absolute Gasteiger partial charge is 0.264 e. The van der Waals surface area contributed by atoms with Crippen LogP contribution >= 0.6 is 0 Å². The second-order valence-corrected chi connectivity index (χ2v) is 3.74. The minimum Gasteiger partial charge on any atom is -0.492 e. The summed E-state index contributed by atoms with van der Waals surface area (Å²) in [6, 6.07) is 6.61. The van der Waals surface area contributed by atoms with Gasteiger partial charge in [0.1, 0.15) is 12.4 Å². The van der Waals surface area contributed by atoms with Gasteiger partial charge >= 0.3 is 0 Å². The number of aromatic nitrogens is 2. The van der Waals surface area contributed by atoms with Gasteiger partial charge in [-0.05, 0) is 24.3 Å². The molecule has 0 saturated carbocycles. The van der Waals surface area contributed by atoms with Crippen molar-refractivity contribution in [3.05, 3.63) is 48.5 Å². The van der Waals surface area contributed by atoms with Crippen molar-refractivity contribution in [3.8, 4) is 11.9 Å². The summed E-state index contributed by atoms with van der Waals surface area (Å²) in [5, 5.41) is 10.4. The van der Waals surface area contributed by atoms with Crippen molar-refractivity contribution >= 4 is 5.91 Å². The first kappa shape index (κ1) is 12.6. The molecule has 0 aliphatic rings. The van der Waals surface area contributed by atoms with Crippen LogP contribution in [0.1, 0.15) is 10.4 Å². The van der Waals surface area contributed by atoms with Gasteiger partial charge in [0.25, 0.3) is 5.91 Å². The SMILES string of the molecule is N#CNC(=O)c1ccc(OCCn2ccnc2)cc1. The van der Waals surface area contributed by atoms with Gasteiger partial charge in [0, 0.05) is 18.0 Å². The van der Waals surface area contributed by atoms with Gasteiger partial charge in [-0.1, -0.05) is 0 Å². The fraction of sp³-hybridized carbons (Fsp3) is 0.154. The minimum atomic E-state index is -0.424. The lowest BCUT2D eigenvalue weighted by Gasteiger charge is -2.07. The van der Waals surface area contributed by atoms with Gasteiger partial charge in [-0.3, -0.25) is 10.1 Å². The van der Waals surface area contributed by atoms with Crippen LogP contribution in [-0.4, -0.2) is 22.1 Å². The van der Waals surface area contributed by atoms with Gasteiger partial charge in [0.15, 0.2) is 6.19 Å². The van der Waals surface area contributed by atoms with E-state index in [-0.39, 0.29) is 0 Å². The molecule has 2 aromatic rings. The van der Waals surface area contributed by atoms with Gasteiger partial charge in [0.2, 0.25) is 0 Å². The normalized spacial score (nSPS) is 9.63. The summed E-state index contributed by atoms with van der Waals surface area (Å²) >= 11 is 0. The van der Waals surface area contributed by atoms with E-state index in [9.17, 15) is 4.79 Å². The van der Waals surface area contributed by atoms with Gasteiger partial charge in [-0.2, -0.15) is 5.26 Å². The van der Waals surface area contributed by atoms with Crippen molar-refractivity contribution in [2.75, 3.05) is 6.61 Å². The molecule has 6 heteroatoms. The van der Waals surface area contributed by atoms with E-state index >= 15 is 0 Å². The molecule has 19 heavy (non-hydrogen) atoms. The average molecular weight is 256 g/mol. The van der Waals surface area contributed by atoms with E-state index < -0.39 is 5.91 Å². The predicted molar refractivity (Wildman–Crippen MR) is 67.2 cm³/mol. The van der Waals surface area contributed by atoms with E-state index in [2.05, 4.69) is 10.3 Å². The topological polar surface area (TPSA) is 79.9 Å². The lowest BCUT2D eigenvalue weighted by Crippen LogP contribution is -2.17. The van der Waals surface area contributed by atoms with E-state index in [1.165, 1.54) is 0 Å². The monoisotopic (exact) mass is 256 g/mol. The van der Waals surface area contributed by atoms with Crippen molar-refractivity contribution in [1.29, 1.82) is 5.26 Å². The number of nitrogens with zero attached hydrogens (tertiary/aromatic N) is 3. The van der Waals surface area contributed by atoms with Crippen LogP contribution in [0.3, 0.4) is 0 Å². The van der Waals surface area contributed by atoms with Crippen LogP contribution in [0.15, 0.2) is 43.0 Å². The zero-order valence-electron chi connectivity index (χ0n) is 10.1. The van der Waals surface area contributed by atoms with E-state index in [0.717, 1.165) is 0 Å². The number of nitriles is 1. The maximum Gasteiger partial charge on any atom is 0.264 e. The van der Waals surface area contributed by atoms with Crippen LogP contribution in [0, 0.1) is 11.5 Å². The summed E-state index contributed by atoms with van der Waals surface area (Å²) in [5.41, 5.74) is 0.420. The molecule has 96 valence electrons. The summed E-state index contributed by atoms with van der Waals surface area (Å²) in [7, 11) is 0. The maximum atomic E-state index is 11.3. The third kappa shape index (κ3) is 3.57. The van der Waals surface area contributed by atoms with Crippen LogP contribution in [0.25, 0.3) is 0 Å². The fourth-order valence-electron chi connectivity index (χ4n) is 1.51. The second kappa shape index (κ2) is 6.21. The van der Waals surface area contributed by atoms with E-state index in [4.69, 9.17) is 10.00 Å². The van der Waals surface area contributed by atoms with Gasteiger partial charge < -0.3 is 9.30 Å². The highest BCUT2D eigenvalue weighted by atomic mass is 16.5. The molecule has 1 aromatic carbocycles. The molecule has 6 nitrogen and oxygen atoms in total. The van der Waals surface area contributed by atoms with Crippen LogP contribution in [0.5, 0.6) is 5.75 Å². The Balaban J connectivity index is 1.85. The molecular formula is C13H12N4O2. The lowest BCUT2D eigenvalue weighted by molar-refractivity contribution is 0.0973. The highest BCUT2D eigenvalue weighted by molar-refractivity contribution is 5.95. The Bertz CT molecular complexity index is 570. The van der Waals surface area contributed by atoms with E-state index in [1.807, 2.05) is 10.8 Å². The molecule has 0 aliphatic carbocycles. The molecular weight excluding hydrogens is 244 g/mol. The minimum absolute atomic E-state index is 0.420. The molecule has 1 N–H and O–H groups in total. The summed E-state index contributed by atoms with van der Waals surface area (Å²) in [5.74, 6) is 0.251. The summed E-state index contributed by atoms with van der Waals surface area (Å²) < 4.78 is 7.44. The Labute approximate surface area is 110 Å². The standard InChI is InChI=1S/C13H12N4O2/c14-9-16-13(18)11-1-3-12(4-2-11)19-8-7-17-6-5-15-10-17/h1-6,10H,7-8H2,(H,16,18).